The van der Waals surface area contributed by atoms with Crippen LogP contribution < -0.4 is 9.62 Å². The molecular formula is C36H40ClN3O4S. The first-order valence-corrected chi connectivity index (χ1v) is 17.1. The van der Waals surface area contributed by atoms with E-state index in [1.807, 2.05) is 62.4 Å². The summed E-state index contributed by atoms with van der Waals surface area (Å²) < 4.78 is 29.3. The lowest BCUT2D eigenvalue weighted by molar-refractivity contribution is -0.140. The van der Waals surface area contributed by atoms with Gasteiger partial charge in [0, 0.05) is 24.5 Å². The number of halogens is 1. The van der Waals surface area contributed by atoms with Crippen LogP contribution in [-0.4, -0.2) is 44.3 Å². The molecule has 0 aliphatic rings. The topological polar surface area (TPSA) is 86.8 Å². The summed E-state index contributed by atoms with van der Waals surface area (Å²) in [5.74, 6) is -0.812. The summed E-state index contributed by atoms with van der Waals surface area (Å²) in [6, 6.07) is 30.9. The number of rotatable bonds is 15. The summed E-state index contributed by atoms with van der Waals surface area (Å²) in [4.78, 5) is 29.8. The third kappa shape index (κ3) is 9.19. The summed E-state index contributed by atoms with van der Waals surface area (Å²) in [6.45, 7) is 4.08. The lowest BCUT2D eigenvalue weighted by atomic mass is 10.0. The average Bonchev–Trinajstić information content (AvgIpc) is 3.06. The number of unbranched alkanes of at least 4 members (excludes halogenated alkanes) is 1. The fourth-order valence-electron chi connectivity index (χ4n) is 5.04. The normalized spacial score (nSPS) is 11.9. The second-order valence-corrected chi connectivity index (χ2v) is 13.1. The molecule has 0 aliphatic carbocycles. The Hall–Kier alpha value is -4.14. The molecular weight excluding hydrogens is 606 g/mol. The molecule has 7 nitrogen and oxygen atoms in total. The zero-order chi connectivity index (χ0) is 32.2. The van der Waals surface area contributed by atoms with E-state index in [9.17, 15) is 18.0 Å². The Balaban J connectivity index is 1.78. The molecule has 1 unspecified atom stereocenters. The molecule has 0 fully saturated rings. The Kier molecular flexibility index (Phi) is 12.2. The number of anilines is 1. The molecule has 4 rings (SSSR count). The van der Waals surface area contributed by atoms with Gasteiger partial charge >= 0.3 is 0 Å². The number of carbonyl (C=O) groups is 2. The van der Waals surface area contributed by atoms with Crippen LogP contribution in [0.1, 0.15) is 43.4 Å². The monoisotopic (exact) mass is 645 g/mol. The molecule has 1 atom stereocenters. The first kappa shape index (κ1) is 33.7. The molecule has 4 aromatic carbocycles. The highest BCUT2D eigenvalue weighted by Gasteiger charge is 2.34. The van der Waals surface area contributed by atoms with E-state index >= 15 is 0 Å². The molecule has 0 radical (unpaired) electrons. The number of hydrogen-bond acceptors (Lipinski definition) is 4. The van der Waals surface area contributed by atoms with Gasteiger partial charge in [-0.1, -0.05) is 105 Å². The van der Waals surface area contributed by atoms with Crippen LogP contribution in [-0.2, 0) is 39.0 Å². The van der Waals surface area contributed by atoms with Crippen molar-refractivity contribution in [2.24, 2.45) is 0 Å². The van der Waals surface area contributed by atoms with E-state index in [-0.39, 0.29) is 23.8 Å². The van der Waals surface area contributed by atoms with Crippen LogP contribution in [0.4, 0.5) is 5.69 Å². The molecule has 0 aliphatic heterocycles. The van der Waals surface area contributed by atoms with Crippen molar-refractivity contribution in [2.45, 2.75) is 57.0 Å². The Morgan fingerprint density at radius 2 is 1.44 bits per heavy atom. The van der Waals surface area contributed by atoms with Gasteiger partial charge in [0.1, 0.15) is 12.6 Å². The van der Waals surface area contributed by atoms with E-state index in [1.54, 1.807) is 48.5 Å². The van der Waals surface area contributed by atoms with Gasteiger partial charge in [-0.2, -0.15) is 0 Å². The molecule has 236 valence electrons. The molecule has 0 saturated carbocycles. The van der Waals surface area contributed by atoms with Crippen LogP contribution in [0.5, 0.6) is 0 Å². The van der Waals surface area contributed by atoms with Gasteiger partial charge in [-0.3, -0.25) is 13.9 Å². The van der Waals surface area contributed by atoms with E-state index in [0.717, 1.165) is 40.3 Å². The van der Waals surface area contributed by atoms with Crippen molar-refractivity contribution < 1.29 is 18.0 Å². The molecule has 0 heterocycles. The first-order valence-electron chi connectivity index (χ1n) is 15.2. The van der Waals surface area contributed by atoms with Crippen molar-refractivity contribution in [2.75, 3.05) is 17.4 Å². The summed E-state index contributed by atoms with van der Waals surface area (Å²) in [5, 5.41) is 3.50. The zero-order valence-electron chi connectivity index (χ0n) is 25.7. The largest absolute Gasteiger partial charge is 0.354 e. The lowest BCUT2D eigenvalue weighted by Crippen LogP contribution is -2.53. The zero-order valence-corrected chi connectivity index (χ0v) is 27.3. The fourth-order valence-corrected chi connectivity index (χ4v) is 6.69. The van der Waals surface area contributed by atoms with Gasteiger partial charge in [0.2, 0.25) is 11.8 Å². The van der Waals surface area contributed by atoms with Crippen molar-refractivity contribution in [3.05, 3.63) is 131 Å². The van der Waals surface area contributed by atoms with Crippen molar-refractivity contribution in [3.8, 4) is 0 Å². The smallest absolute Gasteiger partial charge is 0.264 e. The van der Waals surface area contributed by atoms with Crippen LogP contribution in [0, 0.1) is 0 Å². The molecule has 0 spiro atoms. The van der Waals surface area contributed by atoms with E-state index in [2.05, 4.69) is 5.32 Å². The molecule has 2 amide bonds. The highest BCUT2D eigenvalue weighted by molar-refractivity contribution is 7.92. The van der Waals surface area contributed by atoms with E-state index in [0.29, 0.717) is 17.3 Å². The van der Waals surface area contributed by atoms with Gasteiger partial charge in [-0.25, -0.2) is 8.42 Å². The quantitative estimate of drug-likeness (QED) is 0.147. The highest BCUT2D eigenvalue weighted by Crippen LogP contribution is 2.26. The molecule has 4 aromatic rings. The number of nitrogens with one attached hydrogen (secondary N) is 1. The van der Waals surface area contributed by atoms with Crippen molar-refractivity contribution in [3.63, 3.8) is 0 Å². The minimum Gasteiger partial charge on any atom is -0.354 e. The second-order valence-electron chi connectivity index (χ2n) is 10.8. The number of aryl methyl sites for hydroxylation is 1. The molecule has 0 bridgehead atoms. The SMILES string of the molecule is CCCCNC(=O)C(Cc1ccccc1)N(Cc1cccc(Cl)c1)C(=O)CN(c1ccc(CC)cc1)S(=O)(=O)c1ccccc1. The number of nitrogens with zero attached hydrogens (tertiary/aromatic N) is 2. The van der Waals surface area contributed by atoms with E-state index in [1.165, 1.54) is 17.0 Å². The van der Waals surface area contributed by atoms with Crippen molar-refractivity contribution >= 4 is 39.1 Å². The fraction of sp³-hybridized carbons (Fsp3) is 0.278. The number of carbonyl (C=O) groups excluding carboxylic acids is 2. The van der Waals surface area contributed by atoms with Gasteiger partial charge in [0.15, 0.2) is 0 Å². The molecule has 0 saturated heterocycles. The number of sulfonamides is 1. The number of amides is 2. The third-order valence-corrected chi connectivity index (χ3v) is 9.61. The molecule has 45 heavy (non-hydrogen) atoms. The Labute approximate surface area is 271 Å². The van der Waals surface area contributed by atoms with Crippen molar-refractivity contribution in [1.29, 1.82) is 0 Å². The lowest BCUT2D eigenvalue weighted by Gasteiger charge is -2.34. The Morgan fingerprint density at radius 3 is 2.07 bits per heavy atom. The maximum Gasteiger partial charge on any atom is 0.264 e. The second kappa shape index (κ2) is 16.3. The summed E-state index contributed by atoms with van der Waals surface area (Å²) in [6.07, 6.45) is 2.73. The molecule has 9 heteroatoms. The summed E-state index contributed by atoms with van der Waals surface area (Å²) in [5.41, 5.74) is 3.00. The Morgan fingerprint density at radius 1 is 0.800 bits per heavy atom. The predicted molar refractivity (Wildman–Crippen MR) is 181 cm³/mol. The first-order chi connectivity index (χ1) is 21.7. The maximum atomic E-state index is 14.5. The van der Waals surface area contributed by atoms with Crippen LogP contribution in [0.25, 0.3) is 0 Å². The number of hydrogen-bond donors (Lipinski definition) is 1. The van der Waals surface area contributed by atoms with Gasteiger partial charge in [0.25, 0.3) is 10.0 Å². The third-order valence-electron chi connectivity index (χ3n) is 7.59. The van der Waals surface area contributed by atoms with Crippen LogP contribution in [0.15, 0.2) is 114 Å². The van der Waals surface area contributed by atoms with Gasteiger partial charge in [0.05, 0.1) is 10.6 Å². The van der Waals surface area contributed by atoms with Crippen LogP contribution in [0.2, 0.25) is 5.02 Å². The number of benzene rings is 4. The van der Waals surface area contributed by atoms with Crippen LogP contribution >= 0.6 is 11.6 Å². The predicted octanol–water partition coefficient (Wildman–Crippen LogP) is 6.65. The minimum absolute atomic E-state index is 0.0616. The standard InChI is InChI=1S/C36H40ClN3O4S/c1-3-5-23-38-36(42)34(25-29-13-8-6-9-14-29)39(26-30-15-12-16-31(37)24-30)35(41)27-40(32-21-19-28(4-2)20-22-32)45(43,44)33-17-10-7-11-18-33/h6-22,24,34H,3-5,23,25-27H2,1-2H3,(H,38,42). The summed E-state index contributed by atoms with van der Waals surface area (Å²) in [7, 11) is -4.14. The Bertz CT molecular complexity index is 1650. The summed E-state index contributed by atoms with van der Waals surface area (Å²) >= 11 is 6.31. The van der Waals surface area contributed by atoms with Crippen molar-refractivity contribution in [1.82, 2.24) is 10.2 Å². The highest BCUT2D eigenvalue weighted by atomic mass is 35.5. The van der Waals surface area contributed by atoms with Crippen LogP contribution in [0.3, 0.4) is 0 Å². The van der Waals surface area contributed by atoms with E-state index < -0.39 is 28.5 Å². The average molecular weight is 646 g/mol. The van der Waals surface area contributed by atoms with Gasteiger partial charge in [-0.05, 0) is 65.9 Å². The van der Waals surface area contributed by atoms with E-state index in [4.69, 9.17) is 11.6 Å². The molecule has 0 aromatic heterocycles. The van der Waals surface area contributed by atoms with Gasteiger partial charge < -0.3 is 10.2 Å². The van der Waals surface area contributed by atoms with Gasteiger partial charge in [-0.15, -0.1) is 0 Å². The molecule has 1 N–H and O–H groups in total. The minimum atomic E-state index is -4.14. The maximum absolute atomic E-state index is 14.5.